The molecule has 0 aromatic heterocycles. The minimum atomic E-state index is 0.748. The van der Waals surface area contributed by atoms with Crippen LogP contribution in [0, 0.1) is 0 Å². The first kappa shape index (κ1) is 18.6. The highest BCUT2D eigenvalue weighted by molar-refractivity contribution is 7.80. The minimum absolute atomic E-state index is 0.748. The number of rotatable bonds is 7. The van der Waals surface area contributed by atoms with Gasteiger partial charge < -0.3 is 25.2 Å². The monoisotopic (exact) mass is 364 g/mol. The van der Waals surface area contributed by atoms with Gasteiger partial charge in [0.15, 0.2) is 5.11 Å². The van der Waals surface area contributed by atoms with Crippen molar-refractivity contribution in [2.45, 2.75) is 25.9 Å². The Kier molecular flexibility index (Phi) is 7.48. The quantitative estimate of drug-likeness (QED) is 0.456. The highest BCUT2D eigenvalue weighted by atomic mass is 32.1. The SMILES string of the molecule is S=C(NCC[NH+]1CCOCC1)NCc1ccc(C[NH+]2CCCC2)cc1. The van der Waals surface area contributed by atoms with Crippen molar-refractivity contribution in [3.05, 3.63) is 35.4 Å². The molecule has 6 heteroatoms. The molecule has 1 aromatic carbocycles. The van der Waals surface area contributed by atoms with E-state index in [1.807, 2.05) is 0 Å². The Morgan fingerprint density at radius 2 is 1.60 bits per heavy atom. The number of ether oxygens (including phenoxy) is 1. The summed E-state index contributed by atoms with van der Waals surface area (Å²) < 4.78 is 5.38. The van der Waals surface area contributed by atoms with Gasteiger partial charge in [0.1, 0.15) is 19.6 Å². The molecular formula is C19H32N4OS+2. The molecule has 0 bridgehead atoms. The van der Waals surface area contributed by atoms with E-state index in [0.29, 0.717) is 0 Å². The van der Waals surface area contributed by atoms with E-state index in [2.05, 4.69) is 34.9 Å². The molecule has 2 heterocycles. The number of hydrogen-bond donors (Lipinski definition) is 4. The Bertz CT molecular complexity index is 525. The fraction of sp³-hybridized carbons (Fsp3) is 0.632. The van der Waals surface area contributed by atoms with Crippen molar-refractivity contribution in [2.75, 3.05) is 52.5 Å². The number of hydrogen-bond acceptors (Lipinski definition) is 2. The zero-order valence-electron chi connectivity index (χ0n) is 15.1. The third-order valence-corrected chi connectivity index (χ3v) is 5.49. The first-order chi connectivity index (χ1) is 12.3. The van der Waals surface area contributed by atoms with Crippen LogP contribution in [-0.4, -0.2) is 57.6 Å². The van der Waals surface area contributed by atoms with Crippen LogP contribution in [0.1, 0.15) is 24.0 Å². The van der Waals surface area contributed by atoms with Gasteiger partial charge in [0.05, 0.1) is 39.4 Å². The van der Waals surface area contributed by atoms with E-state index >= 15 is 0 Å². The molecule has 5 nitrogen and oxygen atoms in total. The van der Waals surface area contributed by atoms with Gasteiger partial charge in [0.25, 0.3) is 0 Å². The van der Waals surface area contributed by atoms with Crippen LogP contribution in [0.3, 0.4) is 0 Å². The molecule has 1 aromatic rings. The second-order valence-electron chi connectivity index (χ2n) is 7.17. The fourth-order valence-corrected chi connectivity index (χ4v) is 3.80. The molecule has 2 fully saturated rings. The summed E-state index contributed by atoms with van der Waals surface area (Å²) in [5.74, 6) is 0. The smallest absolute Gasteiger partial charge is 0.166 e. The van der Waals surface area contributed by atoms with Gasteiger partial charge in [-0.25, -0.2) is 0 Å². The van der Waals surface area contributed by atoms with Crippen LogP contribution < -0.4 is 20.4 Å². The molecule has 0 aliphatic carbocycles. The lowest BCUT2D eigenvalue weighted by Gasteiger charge is -2.24. The number of quaternary nitrogens is 2. The molecule has 0 amide bonds. The Hall–Kier alpha value is -1.21. The van der Waals surface area contributed by atoms with Crippen LogP contribution in [0.4, 0.5) is 0 Å². The predicted molar refractivity (Wildman–Crippen MR) is 104 cm³/mol. The number of likely N-dealkylation sites (tertiary alicyclic amines) is 1. The van der Waals surface area contributed by atoms with Crippen molar-refractivity contribution in [3.63, 3.8) is 0 Å². The first-order valence-electron chi connectivity index (χ1n) is 9.64. The molecule has 2 aliphatic heterocycles. The van der Waals surface area contributed by atoms with E-state index in [-0.39, 0.29) is 0 Å². The molecule has 0 atom stereocenters. The summed E-state index contributed by atoms with van der Waals surface area (Å²) in [6.45, 7) is 10.6. The lowest BCUT2D eigenvalue weighted by Crippen LogP contribution is -3.14. The van der Waals surface area contributed by atoms with Gasteiger partial charge >= 0.3 is 0 Å². The molecule has 2 aliphatic rings. The van der Waals surface area contributed by atoms with Crippen LogP contribution in [0.25, 0.3) is 0 Å². The summed E-state index contributed by atoms with van der Waals surface area (Å²) >= 11 is 5.38. The van der Waals surface area contributed by atoms with E-state index in [9.17, 15) is 0 Å². The highest BCUT2D eigenvalue weighted by Crippen LogP contribution is 2.04. The summed E-state index contributed by atoms with van der Waals surface area (Å²) in [5, 5.41) is 7.37. The molecule has 25 heavy (non-hydrogen) atoms. The van der Waals surface area contributed by atoms with E-state index in [1.54, 1.807) is 9.80 Å². The zero-order chi connectivity index (χ0) is 17.3. The Morgan fingerprint density at radius 1 is 0.920 bits per heavy atom. The van der Waals surface area contributed by atoms with Gasteiger partial charge in [0, 0.05) is 24.9 Å². The fourth-order valence-electron chi connectivity index (χ4n) is 3.62. The number of morpholine rings is 1. The standard InChI is InChI=1S/C19H30N4OS/c25-19(20-7-10-22-11-13-24-14-12-22)21-15-17-3-5-18(6-4-17)16-23-8-1-2-9-23/h3-6H,1-2,7-16H2,(H2,20,21,25)/p+2. The summed E-state index contributed by atoms with van der Waals surface area (Å²) in [6, 6.07) is 8.97. The number of nitrogens with one attached hydrogen (secondary N) is 4. The van der Waals surface area contributed by atoms with Crippen LogP contribution >= 0.6 is 12.2 Å². The average molecular weight is 365 g/mol. The average Bonchev–Trinajstić information content (AvgIpc) is 3.15. The lowest BCUT2D eigenvalue weighted by atomic mass is 10.1. The van der Waals surface area contributed by atoms with Crippen molar-refractivity contribution >= 4 is 17.3 Å². The normalized spacial score (nSPS) is 19.0. The molecule has 2 saturated heterocycles. The largest absolute Gasteiger partial charge is 0.370 e. The number of thiocarbonyl (C=S) groups is 1. The molecule has 0 unspecified atom stereocenters. The molecule has 0 radical (unpaired) electrons. The van der Waals surface area contributed by atoms with Crippen molar-refractivity contribution in [1.82, 2.24) is 10.6 Å². The van der Waals surface area contributed by atoms with E-state index < -0.39 is 0 Å². The Morgan fingerprint density at radius 3 is 2.32 bits per heavy atom. The Balaban J connectivity index is 1.31. The van der Waals surface area contributed by atoms with E-state index in [1.165, 1.54) is 37.1 Å². The third-order valence-electron chi connectivity index (χ3n) is 5.20. The first-order valence-corrected chi connectivity index (χ1v) is 10.0. The lowest BCUT2D eigenvalue weighted by molar-refractivity contribution is -0.906. The van der Waals surface area contributed by atoms with Gasteiger partial charge in [-0.05, 0) is 17.8 Å². The van der Waals surface area contributed by atoms with Crippen molar-refractivity contribution in [1.29, 1.82) is 0 Å². The van der Waals surface area contributed by atoms with Crippen molar-refractivity contribution < 1.29 is 14.5 Å². The molecule has 4 N–H and O–H groups in total. The van der Waals surface area contributed by atoms with Crippen LogP contribution in [0.15, 0.2) is 24.3 Å². The minimum Gasteiger partial charge on any atom is -0.370 e. The summed E-state index contributed by atoms with van der Waals surface area (Å²) in [6.07, 6.45) is 2.77. The second kappa shape index (κ2) is 10.1. The zero-order valence-corrected chi connectivity index (χ0v) is 15.9. The molecule has 3 rings (SSSR count). The molecule has 138 valence electrons. The third kappa shape index (κ3) is 6.55. The maximum Gasteiger partial charge on any atom is 0.166 e. The Labute approximate surface area is 156 Å². The summed E-state index contributed by atoms with van der Waals surface area (Å²) in [7, 11) is 0. The van der Waals surface area contributed by atoms with Gasteiger partial charge in [-0.1, -0.05) is 24.3 Å². The summed E-state index contributed by atoms with van der Waals surface area (Å²) in [4.78, 5) is 3.32. The van der Waals surface area contributed by atoms with Crippen molar-refractivity contribution in [2.24, 2.45) is 0 Å². The van der Waals surface area contributed by atoms with Crippen LogP contribution in [-0.2, 0) is 17.8 Å². The number of benzene rings is 1. The van der Waals surface area contributed by atoms with Crippen LogP contribution in [0.5, 0.6) is 0 Å². The van der Waals surface area contributed by atoms with Gasteiger partial charge in [-0.2, -0.15) is 0 Å². The van der Waals surface area contributed by atoms with E-state index in [4.69, 9.17) is 17.0 Å². The van der Waals surface area contributed by atoms with Gasteiger partial charge in [-0.3, -0.25) is 0 Å². The predicted octanol–water partition coefficient (Wildman–Crippen LogP) is -1.26. The molecular weight excluding hydrogens is 332 g/mol. The van der Waals surface area contributed by atoms with Crippen molar-refractivity contribution in [3.8, 4) is 0 Å². The maximum atomic E-state index is 5.38. The topological polar surface area (TPSA) is 42.2 Å². The second-order valence-corrected chi connectivity index (χ2v) is 7.58. The highest BCUT2D eigenvalue weighted by Gasteiger charge is 2.15. The van der Waals surface area contributed by atoms with E-state index in [0.717, 1.165) is 57.6 Å². The van der Waals surface area contributed by atoms with Crippen LogP contribution in [0.2, 0.25) is 0 Å². The van der Waals surface area contributed by atoms with Gasteiger partial charge in [0.2, 0.25) is 0 Å². The molecule has 0 saturated carbocycles. The summed E-state index contributed by atoms with van der Waals surface area (Å²) in [5.41, 5.74) is 2.72. The van der Waals surface area contributed by atoms with Gasteiger partial charge in [-0.15, -0.1) is 0 Å². The maximum absolute atomic E-state index is 5.38. The molecule has 0 spiro atoms.